The number of rotatable bonds is 8. The molecule has 1 aromatic heterocycles. The van der Waals surface area contributed by atoms with Gasteiger partial charge in [-0.1, -0.05) is 24.3 Å². The number of anilines is 2. The maximum Gasteiger partial charge on any atom is 0.261 e. The summed E-state index contributed by atoms with van der Waals surface area (Å²) >= 11 is 0. The molecule has 4 rings (SSSR count). The van der Waals surface area contributed by atoms with Crippen molar-refractivity contribution in [3.8, 4) is 0 Å². The van der Waals surface area contributed by atoms with Gasteiger partial charge in [0.05, 0.1) is 5.69 Å². The summed E-state index contributed by atoms with van der Waals surface area (Å²) in [7, 11) is 0. The van der Waals surface area contributed by atoms with Gasteiger partial charge in [-0.15, -0.1) is 5.10 Å². The van der Waals surface area contributed by atoms with Crippen molar-refractivity contribution in [1.29, 1.82) is 0 Å². The van der Waals surface area contributed by atoms with Gasteiger partial charge in [-0.25, -0.2) is 0 Å². The average molecular weight is 440 g/mol. The van der Waals surface area contributed by atoms with Crippen molar-refractivity contribution < 1.29 is 19.8 Å². The molecule has 32 heavy (non-hydrogen) atoms. The van der Waals surface area contributed by atoms with E-state index in [1.54, 1.807) is 34.8 Å². The highest BCUT2D eigenvalue weighted by Crippen LogP contribution is 2.43. The minimum Gasteiger partial charge on any atom is -0.396 e. The number of benzene rings is 1. The van der Waals surface area contributed by atoms with Crippen molar-refractivity contribution in [2.45, 2.75) is 51.2 Å². The van der Waals surface area contributed by atoms with Crippen LogP contribution in [-0.4, -0.2) is 50.2 Å². The molecule has 9 nitrogen and oxygen atoms in total. The molecule has 170 valence electrons. The molecule has 3 N–H and O–H groups in total. The first-order chi connectivity index (χ1) is 15.4. The van der Waals surface area contributed by atoms with Crippen molar-refractivity contribution >= 4 is 23.2 Å². The van der Waals surface area contributed by atoms with E-state index in [1.165, 1.54) is 0 Å². The second kappa shape index (κ2) is 9.22. The third kappa shape index (κ3) is 4.18. The third-order valence-corrected chi connectivity index (χ3v) is 6.21. The SMILES string of the molecule is C[C@@H](/C=C/CCn1cc(CCO)nn1)[C@]1(O)C(=O)Nc2ccc(N3CCCCC3=O)cc21. The van der Waals surface area contributed by atoms with Gasteiger partial charge >= 0.3 is 0 Å². The summed E-state index contributed by atoms with van der Waals surface area (Å²) in [4.78, 5) is 26.8. The molecule has 9 heteroatoms. The number of amides is 2. The zero-order chi connectivity index (χ0) is 22.7. The molecule has 2 aliphatic rings. The molecule has 2 aromatic rings. The molecule has 3 heterocycles. The Balaban J connectivity index is 1.47. The summed E-state index contributed by atoms with van der Waals surface area (Å²) in [6.45, 7) is 3.09. The van der Waals surface area contributed by atoms with E-state index in [4.69, 9.17) is 5.11 Å². The Morgan fingerprint density at radius 1 is 1.31 bits per heavy atom. The zero-order valence-corrected chi connectivity index (χ0v) is 18.2. The van der Waals surface area contributed by atoms with Gasteiger partial charge in [0, 0.05) is 61.6 Å². The van der Waals surface area contributed by atoms with Crippen LogP contribution in [0.3, 0.4) is 0 Å². The highest BCUT2D eigenvalue weighted by molar-refractivity contribution is 6.06. The average Bonchev–Trinajstić information content (AvgIpc) is 3.34. The summed E-state index contributed by atoms with van der Waals surface area (Å²) in [5, 5.41) is 31.2. The lowest BCUT2D eigenvalue weighted by Gasteiger charge is -2.29. The van der Waals surface area contributed by atoms with E-state index in [0.717, 1.165) is 18.5 Å². The van der Waals surface area contributed by atoms with Gasteiger partial charge in [-0.05, 0) is 37.5 Å². The number of nitrogens with one attached hydrogen (secondary N) is 1. The number of nitrogens with zero attached hydrogens (tertiary/aromatic N) is 4. The fourth-order valence-corrected chi connectivity index (χ4v) is 4.32. The Bertz CT molecular complexity index is 1030. The number of aliphatic hydroxyl groups is 2. The predicted octanol–water partition coefficient (Wildman–Crippen LogP) is 1.75. The lowest BCUT2D eigenvalue weighted by molar-refractivity contribution is -0.137. The number of carbonyl (C=O) groups excluding carboxylic acids is 2. The molecule has 1 saturated heterocycles. The zero-order valence-electron chi connectivity index (χ0n) is 18.2. The first kappa shape index (κ1) is 22.2. The fourth-order valence-electron chi connectivity index (χ4n) is 4.32. The van der Waals surface area contributed by atoms with Crippen LogP contribution >= 0.6 is 0 Å². The standard InChI is InChI=1S/C23H29N5O4/c1-16(6-2-4-11-27-15-17(10-13-29)25-26-27)23(32)19-14-18(8-9-20(19)24-22(23)31)28-12-5-3-7-21(28)30/h2,6,8-9,14-16,29,32H,3-5,7,10-13H2,1H3,(H,24,31)/b6-2+/t16-,23+/m0/s1. The maximum atomic E-state index is 12.7. The second-order valence-corrected chi connectivity index (χ2v) is 8.40. The Morgan fingerprint density at radius 3 is 2.94 bits per heavy atom. The minimum absolute atomic E-state index is 0.0336. The van der Waals surface area contributed by atoms with Gasteiger partial charge in [0.25, 0.3) is 5.91 Å². The van der Waals surface area contributed by atoms with E-state index in [1.807, 2.05) is 18.2 Å². The molecule has 1 aromatic carbocycles. The second-order valence-electron chi connectivity index (χ2n) is 8.40. The first-order valence-electron chi connectivity index (χ1n) is 11.1. The highest BCUT2D eigenvalue weighted by Gasteiger charge is 2.48. The molecule has 2 amide bonds. The largest absolute Gasteiger partial charge is 0.396 e. The molecule has 0 spiro atoms. The topological polar surface area (TPSA) is 121 Å². The summed E-state index contributed by atoms with van der Waals surface area (Å²) < 4.78 is 1.70. The van der Waals surface area contributed by atoms with Crippen LogP contribution in [0.1, 0.15) is 43.9 Å². The van der Waals surface area contributed by atoms with Gasteiger partial charge in [0.15, 0.2) is 5.60 Å². The maximum absolute atomic E-state index is 12.7. The number of carbonyl (C=O) groups is 2. The summed E-state index contributed by atoms with van der Waals surface area (Å²) in [6.07, 6.45) is 9.02. The molecule has 0 unspecified atom stereocenters. The van der Waals surface area contributed by atoms with E-state index in [2.05, 4.69) is 15.6 Å². The Labute approximate surface area is 186 Å². The van der Waals surface area contributed by atoms with Crippen LogP contribution in [0.5, 0.6) is 0 Å². The van der Waals surface area contributed by atoms with Crippen molar-refractivity contribution in [2.75, 3.05) is 23.4 Å². The summed E-state index contributed by atoms with van der Waals surface area (Å²) in [5.74, 6) is -0.867. The lowest BCUT2D eigenvalue weighted by atomic mass is 9.82. The molecule has 1 fully saturated rings. The van der Waals surface area contributed by atoms with Crippen molar-refractivity contribution in [3.63, 3.8) is 0 Å². The lowest BCUT2D eigenvalue weighted by Crippen LogP contribution is -2.40. The highest BCUT2D eigenvalue weighted by atomic mass is 16.3. The van der Waals surface area contributed by atoms with Gasteiger partial charge in [0.1, 0.15) is 0 Å². The van der Waals surface area contributed by atoms with Crippen LogP contribution in [0.2, 0.25) is 0 Å². The molecular weight excluding hydrogens is 410 g/mol. The number of aryl methyl sites for hydroxylation is 1. The number of allylic oxidation sites excluding steroid dienone is 1. The van der Waals surface area contributed by atoms with E-state index < -0.39 is 17.4 Å². The van der Waals surface area contributed by atoms with Crippen molar-refractivity contribution in [3.05, 3.63) is 47.8 Å². The number of hydrogen-bond donors (Lipinski definition) is 3. The Hall–Kier alpha value is -3.04. The number of piperidine rings is 1. The van der Waals surface area contributed by atoms with Crippen LogP contribution in [0.25, 0.3) is 0 Å². The van der Waals surface area contributed by atoms with Crippen LogP contribution in [-0.2, 0) is 28.2 Å². The van der Waals surface area contributed by atoms with Crippen LogP contribution in [0.4, 0.5) is 11.4 Å². The van der Waals surface area contributed by atoms with Crippen LogP contribution < -0.4 is 10.2 Å². The quantitative estimate of drug-likeness (QED) is 0.539. The van der Waals surface area contributed by atoms with Gasteiger partial charge < -0.3 is 20.4 Å². The number of hydrogen-bond acceptors (Lipinski definition) is 6. The van der Waals surface area contributed by atoms with Gasteiger partial charge in [-0.3, -0.25) is 14.3 Å². The van der Waals surface area contributed by atoms with Crippen LogP contribution in [0.15, 0.2) is 36.5 Å². The minimum atomic E-state index is -1.71. The molecular formula is C23H29N5O4. The smallest absolute Gasteiger partial charge is 0.261 e. The number of aliphatic hydroxyl groups excluding tert-OH is 1. The molecule has 2 aliphatic heterocycles. The number of fused-ring (bicyclic) bond motifs is 1. The van der Waals surface area contributed by atoms with E-state index in [-0.39, 0.29) is 12.5 Å². The summed E-state index contributed by atoms with van der Waals surface area (Å²) in [6, 6.07) is 5.34. The van der Waals surface area contributed by atoms with Crippen molar-refractivity contribution in [2.24, 2.45) is 5.92 Å². The Morgan fingerprint density at radius 2 is 2.16 bits per heavy atom. The van der Waals surface area contributed by atoms with Crippen molar-refractivity contribution in [1.82, 2.24) is 15.0 Å². The fraction of sp³-hybridized carbons (Fsp3) is 0.478. The Kier molecular flexibility index (Phi) is 6.38. The molecule has 0 aliphatic carbocycles. The van der Waals surface area contributed by atoms with Gasteiger partial charge in [0.2, 0.25) is 5.91 Å². The van der Waals surface area contributed by atoms with E-state index in [0.29, 0.717) is 49.3 Å². The van der Waals surface area contributed by atoms with E-state index >= 15 is 0 Å². The molecule has 0 bridgehead atoms. The van der Waals surface area contributed by atoms with E-state index in [9.17, 15) is 14.7 Å². The normalized spacial score (nSPS) is 21.8. The molecule has 0 radical (unpaired) electrons. The van der Waals surface area contributed by atoms with Gasteiger partial charge in [-0.2, -0.15) is 0 Å². The van der Waals surface area contributed by atoms with Crippen LogP contribution in [0, 0.1) is 5.92 Å². The third-order valence-electron chi connectivity index (χ3n) is 6.21. The predicted molar refractivity (Wildman–Crippen MR) is 119 cm³/mol. The monoisotopic (exact) mass is 439 g/mol. The molecule has 2 atom stereocenters. The molecule has 0 saturated carbocycles. The first-order valence-corrected chi connectivity index (χ1v) is 11.1. The summed E-state index contributed by atoms with van der Waals surface area (Å²) in [5.41, 5.74) is 0.818. The number of aromatic nitrogens is 3.